The van der Waals surface area contributed by atoms with Gasteiger partial charge in [0.25, 0.3) is 5.91 Å². The molecular weight excluding hydrogens is 487 g/mol. The maximum atomic E-state index is 14.2. The van der Waals surface area contributed by atoms with Crippen molar-refractivity contribution >= 4 is 28.9 Å². The number of nitrogens with one attached hydrogen (secondary N) is 1. The van der Waals surface area contributed by atoms with Gasteiger partial charge in [-0.25, -0.2) is 4.39 Å². The summed E-state index contributed by atoms with van der Waals surface area (Å²) in [5.41, 5.74) is 4.25. The number of rotatable bonds is 7. The zero-order valence-electron chi connectivity index (χ0n) is 20.2. The van der Waals surface area contributed by atoms with Gasteiger partial charge in [0, 0.05) is 16.1 Å². The Morgan fingerprint density at radius 1 is 1.00 bits per heavy atom. The van der Waals surface area contributed by atoms with Crippen molar-refractivity contribution in [1.82, 2.24) is 19.6 Å². The van der Waals surface area contributed by atoms with Gasteiger partial charge in [0.1, 0.15) is 17.2 Å². The predicted molar refractivity (Wildman–Crippen MR) is 134 cm³/mol. The van der Waals surface area contributed by atoms with Gasteiger partial charge in [-0.2, -0.15) is 10.2 Å². The Morgan fingerprint density at radius 3 is 2.25 bits per heavy atom. The van der Waals surface area contributed by atoms with E-state index in [0.29, 0.717) is 51.2 Å². The zero-order chi connectivity index (χ0) is 26.1. The number of nitrogens with zero attached hydrogens (tertiary/aromatic N) is 5. The lowest BCUT2D eigenvalue weighted by atomic mass is 10.1. The Kier molecular flexibility index (Phi) is 6.89. The van der Waals surface area contributed by atoms with Gasteiger partial charge in [-0.1, -0.05) is 29.8 Å². The van der Waals surface area contributed by atoms with Crippen LogP contribution in [0.4, 0.5) is 15.8 Å². The lowest BCUT2D eigenvalue weighted by Gasteiger charge is -2.10. The fourth-order valence-electron chi connectivity index (χ4n) is 4.09. The van der Waals surface area contributed by atoms with E-state index in [1.807, 2.05) is 0 Å². The van der Waals surface area contributed by atoms with Gasteiger partial charge >= 0.3 is 5.69 Å². The number of aromatic nitrogens is 4. The first-order chi connectivity index (χ1) is 17.1. The summed E-state index contributed by atoms with van der Waals surface area (Å²) in [5.74, 6) is -0.742. The molecule has 11 heteroatoms. The summed E-state index contributed by atoms with van der Waals surface area (Å²) in [5, 5.41) is 23.1. The highest BCUT2D eigenvalue weighted by Gasteiger charge is 2.22. The van der Waals surface area contributed by atoms with Crippen LogP contribution in [0.3, 0.4) is 0 Å². The summed E-state index contributed by atoms with van der Waals surface area (Å²) >= 11 is 6.15. The van der Waals surface area contributed by atoms with E-state index in [1.54, 1.807) is 73.5 Å². The van der Waals surface area contributed by atoms with E-state index in [1.165, 1.54) is 6.07 Å². The van der Waals surface area contributed by atoms with Crippen LogP contribution in [-0.2, 0) is 13.1 Å². The van der Waals surface area contributed by atoms with E-state index in [0.717, 1.165) is 5.56 Å². The normalized spacial score (nSPS) is 11.1. The SMILES string of the molecule is Cc1nn(Cc2c(F)cccc2Cl)c(C)c1NC(=O)c1ccc(Cn2nc(C)c([N+](=O)[O-])c2C)cc1. The van der Waals surface area contributed by atoms with Crippen molar-refractivity contribution < 1.29 is 14.1 Å². The predicted octanol–water partition coefficient (Wildman–Crippen LogP) is 5.36. The molecule has 2 aromatic carbocycles. The Balaban J connectivity index is 1.49. The second-order valence-electron chi connectivity index (χ2n) is 8.49. The molecule has 0 bridgehead atoms. The lowest BCUT2D eigenvalue weighted by molar-refractivity contribution is -0.386. The van der Waals surface area contributed by atoms with E-state index in [9.17, 15) is 19.3 Å². The third-order valence-electron chi connectivity index (χ3n) is 6.06. The number of hydrogen-bond donors (Lipinski definition) is 1. The van der Waals surface area contributed by atoms with Gasteiger partial charge in [-0.15, -0.1) is 0 Å². The second-order valence-corrected chi connectivity index (χ2v) is 8.90. The smallest absolute Gasteiger partial charge is 0.312 e. The molecule has 0 aliphatic rings. The number of hydrogen-bond acceptors (Lipinski definition) is 5. The van der Waals surface area contributed by atoms with Gasteiger partial charge in [0.2, 0.25) is 0 Å². The lowest BCUT2D eigenvalue weighted by Crippen LogP contribution is -2.14. The first-order valence-corrected chi connectivity index (χ1v) is 11.5. The molecule has 4 rings (SSSR count). The minimum absolute atomic E-state index is 0.00885. The van der Waals surface area contributed by atoms with Crippen LogP contribution in [0, 0.1) is 43.6 Å². The fourth-order valence-corrected chi connectivity index (χ4v) is 4.31. The molecule has 2 aromatic heterocycles. The molecule has 2 heterocycles. The zero-order valence-corrected chi connectivity index (χ0v) is 20.9. The van der Waals surface area contributed by atoms with Crippen LogP contribution in [0.5, 0.6) is 0 Å². The molecule has 0 saturated carbocycles. The van der Waals surface area contributed by atoms with Crippen molar-refractivity contribution in [2.45, 2.75) is 40.8 Å². The van der Waals surface area contributed by atoms with Crippen LogP contribution in [0.25, 0.3) is 0 Å². The number of anilines is 1. The Hall–Kier alpha value is -4.05. The first-order valence-electron chi connectivity index (χ1n) is 11.1. The molecule has 1 N–H and O–H groups in total. The molecule has 0 atom stereocenters. The summed E-state index contributed by atoms with van der Waals surface area (Å²) in [6.45, 7) is 7.29. The molecule has 0 aliphatic heterocycles. The van der Waals surface area contributed by atoms with Crippen LogP contribution in [-0.4, -0.2) is 30.4 Å². The number of halogens is 2. The van der Waals surface area contributed by atoms with E-state index in [2.05, 4.69) is 15.5 Å². The van der Waals surface area contributed by atoms with Gasteiger partial charge in [-0.05, 0) is 57.5 Å². The van der Waals surface area contributed by atoms with Gasteiger partial charge < -0.3 is 5.32 Å². The highest BCUT2D eigenvalue weighted by molar-refractivity contribution is 6.31. The van der Waals surface area contributed by atoms with Crippen molar-refractivity contribution in [3.63, 3.8) is 0 Å². The quantitative estimate of drug-likeness (QED) is 0.266. The van der Waals surface area contributed by atoms with Crippen LogP contribution < -0.4 is 5.32 Å². The molecule has 36 heavy (non-hydrogen) atoms. The molecule has 186 valence electrons. The maximum Gasteiger partial charge on any atom is 0.312 e. The second kappa shape index (κ2) is 9.90. The molecule has 0 radical (unpaired) electrons. The fraction of sp³-hybridized carbons (Fsp3) is 0.240. The Morgan fingerprint density at radius 2 is 1.64 bits per heavy atom. The number of amides is 1. The third kappa shape index (κ3) is 4.85. The molecule has 9 nitrogen and oxygen atoms in total. The summed E-state index contributed by atoms with van der Waals surface area (Å²) in [7, 11) is 0. The minimum Gasteiger partial charge on any atom is -0.319 e. The molecule has 0 saturated heterocycles. The molecular formula is C25H24ClFN6O3. The van der Waals surface area contributed by atoms with Gasteiger partial charge in [-0.3, -0.25) is 24.3 Å². The summed E-state index contributed by atoms with van der Waals surface area (Å²) in [6, 6.07) is 11.4. The average Bonchev–Trinajstić information content (AvgIpc) is 3.25. The maximum absolute atomic E-state index is 14.2. The van der Waals surface area contributed by atoms with E-state index in [4.69, 9.17) is 11.6 Å². The number of nitro groups is 1. The molecule has 0 unspecified atom stereocenters. The molecule has 0 spiro atoms. The summed E-state index contributed by atoms with van der Waals surface area (Å²) < 4.78 is 17.4. The van der Waals surface area contributed by atoms with Crippen molar-refractivity contribution in [2.24, 2.45) is 0 Å². The largest absolute Gasteiger partial charge is 0.319 e. The van der Waals surface area contributed by atoms with Crippen molar-refractivity contribution in [3.05, 3.63) is 103 Å². The number of carbonyl (C=O) groups excluding carboxylic acids is 1. The Labute approximate surface area is 211 Å². The number of carbonyl (C=O) groups is 1. The van der Waals surface area contributed by atoms with Crippen LogP contribution >= 0.6 is 11.6 Å². The third-order valence-corrected chi connectivity index (χ3v) is 6.42. The summed E-state index contributed by atoms with van der Waals surface area (Å²) in [6.07, 6.45) is 0. The standard InChI is InChI=1S/C25H24ClFN6O3/c1-14-23(16(3)32(29-14)13-20-21(26)6-5-7-22(20)27)28-25(34)19-10-8-18(9-11-19)12-31-17(4)24(33(35)36)15(2)30-31/h5-11H,12-13H2,1-4H3,(H,28,34). The van der Waals surface area contributed by atoms with E-state index < -0.39 is 10.7 Å². The highest BCUT2D eigenvalue weighted by Crippen LogP contribution is 2.25. The monoisotopic (exact) mass is 510 g/mol. The minimum atomic E-state index is -0.432. The molecule has 4 aromatic rings. The average molecular weight is 511 g/mol. The van der Waals surface area contributed by atoms with Gasteiger partial charge in [0.15, 0.2) is 0 Å². The van der Waals surface area contributed by atoms with E-state index >= 15 is 0 Å². The number of benzene rings is 2. The summed E-state index contributed by atoms with van der Waals surface area (Å²) in [4.78, 5) is 23.7. The molecule has 0 fully saturated rings. The van der Waals surface area contributed by atoms with Crippen LogP contribution in [0.15, 0.2) is 42.5 Å². The van der Waals surface area contributed by atoms with Crippen LogP contribution in [0.2, 0.25) is 5.02 Å². The van der Waals surface area contributed by atoms with E-state index in [-0.39, 0.29) is 18.1 Å². The van der Waals surface area contributed by atoms with Gasteiger partial charge in [0.05, 0.1) is 35.1 Å². The topological polar surface area (TPSA) is 108 Å². The molecule has 0 aliphatic carbocycles. The number of aryl methyl sites for hydroxylation is 2. The highest BCUT2D eigenvalue weighted by atomic mass is 35.5. The first kappa shape index (κ1) is 25.1. The van der Waals surface area contributed by atoms with Crippen molar-refractivity contribution in [1.29, 1.82) is 0 Å². The van der Waals surface area contributed by atoms with Crippen molar-refractivity contribution in [2.75, 3.05) is 5.32 Å². The molecule has 1 amide bonds. The van der Waals surface area contributed by atoms with Crippen LogP contribution in [0.1, 0.15) is 44.3 Å². The Bertz CT molecular complexity index is 1460. The van der Waals surface area contributed by atoms with Crippen molar-refractivity contribution in [3.8, 4) is 0 Å².